The van der Waals surface area contributed by atoms with Gasteiger partial charge < -0.3 is 10.1 Å². The van der Waals surface area contributed by atoms with Crippen molar-refractivity contribution in [1.82, 2.24) is 5.32 Å². The number of methoxy groups -OCH3 is 1. The third-order valence-electron chi connectivity index (χ3n) is 4.98. The van der Waals surface area contributed by atoms with Crippen LogP contribution in [0.3, 0.4) is 0 Å². The molecule has 2 aromatic rings. The monoisotopic (exact) mass is 453 g/mol. The van der Waals surface area contributed by atoms with E-state index < -0.39 is 27.7 Å². The fraction of sp³-hybridized carbons (Fsp3) is 0.333. The average molecular weight is 453 g/mol. The van der Waals surface area contributed by atoms with Gasteiger partial charge in [-0.25, -0.2) is 13.6 Å². The van der Waals surface area contributed by atoms with Crippen molar-refractivity contribution in [1.29, 1.82) is 0 Å². The number of benzene rings is 2. The lowest BCUT2D eigenvalue weighted by atomic mass is 9.98. The Hall–Kier alpha value is -2.85. The number of halogens is 2. The molecule has 166 valence electrons. The quantitative estimate of drug-likeness (QED) is 0.487. The van der Waals surface area contributed by atoms with Crippen molar-refractivity contribution in [2.24, 2.45) is 11.8 Å². The Kier molecular flexibility index (Phi) is 6.71. The summed E-state index contributed by atoms with van der Waals surface area (Å²) in [4.78, 5) is 24.1. The third-order valence-corrected chi connectivity index (χ3v) is 5.54. The normalized spacial score (nSPS) is 17.8. The molecule has 1 amide bonds. The number of rotatable bonds is 8. The summed E-state index contributed by atoms with van der Waals surface area (Å²) >= 11 is 0. The summed E-state index contributed by atoms with van der Waals surface area (Å²) in [5, 5.41) is 2.62. The molecule has 2 aromatic carbocycles. The molecule has 0 bridgehead atoms. The molecule has 3 rings (SSSR count). The highest BCUT2D eigenvalue weighted by Crippen LogP contribution is 2.39. The van der Waals surface area contributed by atoms with Crippen LogP contribution in [0.1, 0.15) is 22.3 Å². The first-order valence-electron chi connectivity index (χ1n) is 9.38. The Morgan fingerprint density at radius 1 is 1.16 bits per heavy atom. The van der Waals surface area contributed by atoms with Gasteiger partial charge in [0.15, 0.2) is 0 Å². The summed E-state index contributed by atoms with van der Waals surface area (Å²) in [5.41, 5.74) is 0.389. The van der Waals surface area contributed by atoms with Crippen LogP contribution in [0.15, 0.2) is 36.4 Å². The van der Waals surface area contributed by atoms with Gasteiger partial charge >= 0.3 is 5.97 Å². The molecule has 7 nitrogen and oxygen atoms in total. The fourth-order valence-electron chi connectivity index (χ4n) is 3.21. The number of hydrogen-bond acceptors (Lipinski definition) is 6. The first-order chi connectivity index (χ1) is 14.6. The minimum atomic E-state index is -3.56. The van der Waals surface area contributed by atoms with Gasteiger partial charge in [-0.05, 0) is 35.6 Å². The lowest BCUT2D eigenvalue weighted by molar-refractivity contribution is -0.122. The van der Waals surface area contributed by atoms with E-state index in [1.165, 1.54) is 24.3 Å². The smallest absolute Gasteiger partial charge is 0.341 e. The van der Waals surface area contributed by atoms with Crippen molar-refractivity contribution in [3.05, 3.63) is 59.2 Å². The molecule has 1 aliphatic rings. The largest absolute Gasteiger partial charge is 0.465 e. The Balaban J connectivity index is 1.66. The van der Waals surface area contributed by atoms with Crippen LogP contribution in [-0.2, 0) is 30.4 Å². The van der Waals surface area contributed by atoms with Crippen LogP contribution in [0.25, 0.3) is 11.1 Å². The van der Waals surface area contributed by atoms with Crippen molar-refractivity contribution in [2.45, 2.75) is 13.0 Å². The van der Waals surface area contributed by atoms with Crippen LogP contribution >= 0.6 is 0 Å². The van der Waals surface area contributed by atoms with E-state index in [0.717, 1.165) is 25.5 Å². The zero-order chi connectivity index (χ0) is 22.8. The van der Waals surface area contributed by atoms with E-state index in [1.54, 1.807) is 0 Å². The summed E-state index contributed by atoms with van der Waals surface area (Å²) in [7, 11) is -2.44. The molecule has 1 fully saturated rings. The number of carbonyl (C=O) groups is 2. The van der Waals surface area contributed by atoms with E-state index in [-0.39, 0.29) is 53.1 Å². The molecular weight excluding hydrogens is 432 g/mol. The molecule has 1 N–H and O–H groups in total. The second-order valence-corrected chi connectivity index (χ2v) is 8.91. The molecule has 10 heteroatoms. The average Bonchev–Trinajstić information content (AvgIpc) is 3.50. The molecule has 0 aliphatic heterocycles. The summed E-state index contributed by atoms with van der Waals surface area (Å²) in [6, 6.07) is 8.12. The minimum Gasteiger partial charge on any atom is -0.465 e. The molecule has 2 atom stereocenters. The van der Waals surface area contributed by atoms with Crippen LogP contribution in [0, 0.1) is 23.5 Å². The molecule has 31 heavy (non-hydrogen) atoms. The molecule has 0 radical (unpaired) electrons. The molecule has 0 saturated heterocycles. The lowest BCUT2D eigenvalue weighted by Crippen LogP contribution is -2.26. The maximum absolute atomic E-state index is 14.6. The maximum Gasteiger partial charge on any atom is 0.341 e. The molecule has 0 heterocycles. The zero-order valence-electron chi connectivity index (χ0n) is 16.9. The van der Waals surface area contributed by atoms with E-state index >= 15 is 0 Å². The molecule has 1 aliphatic carbocycles. The van der Waals surface area contributed by atoms with E-state index in [1.807, 2.05) is 0 Å². The predicted octanol–water partition coefficient (Wildman–Crippen LogP) is 2.65. The summed E-state index contributed by atoms with van der Waals surface area (Å²) < 4.78 is 60.0. The van der Waals surface area contributed by atoms with Crippen molar-refractivity contribution in [2.75, 3.05) is 20.0 Å². The van der Waals surface area contributed by atoms with E-state index in [9.17, 15) is 26.8 Å². The molecule has 0 aromatic heterocycles. The van der Waals surface area contributed by atoms with Crippen LogP contribution in [0.4, 0.5) is 8.78 Å². The predicted molar refractivity (Wildman–Crippen MR) is 107 cm³/mol. The summed E-state index contributed by atoms with van der Waals surface area (Å²) in [6.07, 6.45) is 1.44. The van der Waals surface area contributed by atoms with Crippen molar-refractivity contribution in [3.8, 4) is 11.1 Å². The van der Waals surface area contributed by atoms with E-state index in [0.29, 0.717) is 6.42 Å². The van der Waals surface area contributed by atoms with Gasteiger partial charge in [-0.2, -0.15) is 8.42 Å². The van der Waals surface area contributed by atoms with Crippen molar-refractivity contribution < 1.29 is 35.7 Å². The number of hydrogen-bond donors (Lipinski definition) is 1. The third kappa shape index (κ3) is 5.65. The minimum absolute atomic E-state index is 0.0594. The van der Waals surface area contributed by atoms with Crippen LogP contribution in [0.5, 0.6) is 0 Å². The number of ether oxygens (including phenoxy) is 1. The van der Waals surface area contributed by atoms with Gasteiger partial charge in [0.05, 0.1) is 20.0 Å². The Labute approximate surface area is 178 Å². The topological polar surface area (TPSA) is 98.8 Å². The molecular formula is C21H21F2NO6S. The van der Waals surface area contributed by atoms with Gasteiger partial charge in [-0.3, -0.25) is 8.98 Å². The standard InChI is InChI=1S/C21H21F2NO6S/c1-29-21(26)19-15(4-3-5-17(19)22)12-6-7-13(18(23)9-12)10-24-20(25)16-8-14(16)11-30-31(2,27)28/h3-7,9,14,16H,8,10-11H2,1-2H3,(H,24,25)/t14-,16+/m0/s1. The molecule has 1 saturated carbocycles. The number of nitrogens with one attached hydrogen (secondary N) is 1. The number of esters is 1. The van der Waals surface area contributed by atoms with Crippen LogP contribution < -0.4 is 5.32 Å². The fourth-order valence-corrected chi connectivity index (χ4v) is 3.63. The van der Waals surface area contributed by atoms with E-state index in [2.05, 4.69) is 14.2 Å². The van der Waals surface area contributed by atoms with Crippen molar-refractivity contribution >= 4 is 22.0 Å². The first-order valence-corrected chi connectivity index (χ1v) is 11.2. The maximum atomic E-state index is 14.6. The SMILES string of the molecule is COC(=O)c1c(F)cccc1-c1ccc(CNC(=O)[C@@H]2C[C@H]2COS(C)(=O)=O)c(F)c1. The highest BCUT2D eigenvalue weighted by molar-refractivity contribution is 7.85. The van der Waals surface area contributed by atoms with Gasteiger partial charge in [-0.15, -0.1) is 0 Å². The highest BCUT2D eigenvalue weighted by atomic mass is 32.2. The Morgan fingerprint density at radius 2 is 1.90 bits per heavy atom. The van der Waals surface area contributed by atoms with Gasteiger partial charge in [0.2, 0.25) is 5.91 Å². The Bertz CT molecular complexity index is 1120. The van der Waals surface area contributed by atoms with E-state index in [4.69, 9.17) is 0 Å². The number of amides is 1. The van der Waals surface area contributed by atoms with Gasteiger partial charge in [0.1, 0.15) is 17.2 Å². The van der Waals surface area contributed by atoms with Crippen molar-refractivity contribution in [3.63, 3.8) is 0 Å². The van der Waals surface area contributed by atoms with Gasteiger partial charge in [0, 0.05) is 18.0 Å². The highest BCUT2D eigenvalue weighted by Gasteiger charge is 2.43. The zero-order valence-corrected chi connectivity index (χ0v) is 17.7. The summed E-state index contributed by atoms with van der Waals surface area (Å²) in [6.45, 7) is -0.135. The molecule has 0 unspecified atom stereocenters. The second-order valence-electron chi connectivity index (χ2n) is 7.27. The van der Waals surface area contributed by atoms with Crippen LogP contribution in [-0.4, -0.2) is 40.3 Å². The molecule has 0 spiro atoms. The van der Waals surface area contributed by atoms with Gasteiger partial charge in [-0.1, -0.05) is 24.3 Å². The lowest BCUT2D eigenvalue weighted by Gasteiger charge is -2.11. The second kappa shape index (κ2) is 9.11. The van der Waals surface area contributed by atoms with Crippen LogP contribution in [0.2, 0.25) is 0 Å². The number of carbonyl (C=O) groups excluding carboxylic acids is 2. The Morgan fingerprint density at radius 3 is 2.55 bits per heavy atom. The first kappa shape index (κ1) is 22.8. The summed E-state index contributed by atoms with van der Waals surface area (Å²) in [5.74, 6) is -3.16. The van der Waals surface area contributed by atoms with Gasteiger partial charge in [0.25, 0.3) is 10.1 Å².